The molecule has 0 amide bonds. The van der Waals surface area contributed by atoms with Crippen molar-refractivity contribution >= 4 is 0 Å². The molecule has 126 valence electrons. The van der Waals surface area contributed by atoms with Gasteiger partial charge in [0.05, 0.1) is 12.7 Å². The van der Waals surface area contributed by atoms with Gasteiger partial charge in [-0.25, -0.2) is 0 Å². The summed E-state index contributed by atoms with van der Waals surface area (Å²) in [7, 11) is 0. The summed E-state index contributed by atoms with van der Waals surface area (Å²) in [6.45, 7) is 2.44. The summed E-state index contributed by atoms with van der Waals surface area (Å²) in [5.41, 5.74) is -0.168. The van der Waals surface area contributed by atoms with E-state index in [9.17, 15) is 10.2 Å². The molecule has 1 saturated carbocycles. The van der Waals surface area contributed by atoms with E-state index in [0.717, 1.165) is 25.7 Å². The molecule has 0 heterocycles. The lowest BCUT2D eigenvalue weighted by molar-refractivity contribution is -0.0542. The quantitative estimate of drug-likeness (QED) is 0.485. The Morgan fingerprint density at radius 3 is 1.95 bits per heavy atom. The van der Waals surface area contributed by atoms with Crippen molar-refractivity contribution in [2.75, 3.05) is 6.61 Å². The highest BCUT2D eigenvalue weighted by Crippen LogP contribution is 2.40. The number of aliphatic hydroxyl groups is 2. The second-order valence-corrected chi connectivity index (χ2v) is 7.21. The number of aliphatic hydroxyl groups excluding tert-OH is 2. The van der Waals surface area contributed by atoms with E-state index in [-0.39, 0.29) is 18.1 Å². The highest BCUT2D eigenvalue weighted by atomic mass is 16.3. The van der Waals surface area contributed by atoms with Gasteiger partial charge < -0.3 is 10.2 Å². The summed E-state index contributed by atoms with van der Waals surface area (Å²) in [5.74, 6) is 0. The van der Waals surface area contributed by atoms with E-state index in [1.165, 1.54) is 70.6 Å². The van der Waals surface area contributed by atoms with Crippen LogP contribution in [0.2, 0.25) is 0 Å². The van der Waals surface area contributed by atoms with Crippen LogP contribution < -0.4 is 0 Å². The maximum Gasteiger partial charge on any atom is 0.0618 e. The second kappa shape index (κ2) is 11.5. The third-order valence-corrected chi connectivity index (χ3v) is 5.45. The highest BCUT2D eigenvalue weighted by molar-refractivity contribution is 4.89. The lowest BCUT2D eigenvalue weighted by atomic mass is 9.69. The topological polar surface area (TPSA) is 40.5 Å². The van der Waals surface area contributed by atoms with Crippen molar-refractivity contribution in [2.24, 2.45) is 5.41 Å². The second-order valence-electron chi connectivity index (χ2n) is 7.21. The molecule has 1 fully saturated rings. The SMILES string of the molecule is CCCCCCCCCCCCC1(CO)CCCCC1O. The van der Waals surface area contributed by atoms with E-state index in [1.54, 1.807) is 0 Å². The summed E-state index contributed by atoms with van der Waals surface area (Å²) in [6.07, 6.45) is 18.4. The van der Waals surface area contributed by atoms with Crippen LogP contribution in [0.1, 0.15) is 103 Å². The smallest absolute Gasteiger partial charge is 0.0618 e. The van der Waals surface area contributed by atoms with Gasteiger partial charge in [-0.05, 0) is 19.3 Å². The molecule has 2 atom stereocenters. The molecule has 2 nitrogen and oxygen atoms in total. The van der Waals surface area contributed by atoms with Crippen LogP contribution >= 0.6 is 0 Å². The summed E-state index contributed by atoms with van der Waals surface area (Å²) in [6, 6.07) is 0. The zero-order valence-corrected chi connectivity index (χ0v) is 14.3. The van der Waals surface area contributed by atoms with Crippen molar-refractivity contribution in [3.8, 4) is 0 Å². The molecule has 2 heteroatoms. The first-order valence-corrected chi connectivity index (χ1v) is 9.54. The van der Waals surface area contributed by atoms with Gasteiger partial charge in [0.1, 0.15) is 0 Å². The molecule has 0 aromatic heterocycles. The number of hydrogen-bond acceptors (Lipinski definition) is 2. The fourth-order valence-electron chi connectivity index (χ4n) is 3.81. The first-order chi connectivity index (χ1) is 10.2. The van der Waals surface area contributed by atoms with Crippen molar-refractivity contribution < 1.29 is 10.2 Å². The van der Waals surface area contributed by atoms with Crippen LogP contribution in [0.25, 0.3) is 0 Å². The van der Waals surface area contributed by atoms with Gasteiger partial charge in [-0.15, -0.1) is 0 Å². The first-order valence-electron chi connectivity index (χ1n) is 9.54. The van der Waals surface area contributed by atoms with Gasteiger partial charge in [0, 0.05) is 5.41 Å². The fraction of sp³-hybridized carbons (Fsp3) is 1.00. The molecular weight excluding hydrogens is 260 g/mol. The lowest BCUT2D eigenvalue weighted by Gasteiger charge is -2.40. The summed E-state index contributed by atoms with van der Waals surface area (Å²) in [5, 5.41) is 19.9. The van der Waals surface area contributed by atoms with E-state index in [2.05, 4.69) is 6.92 Å². The van der Waals surface area contributed by atoms with Crippen LogP contribution in [0.4, 0.5) is 0 Å². The molecule has 0 radical (unpaired) electrons. The van der Waals surface area contributed by atoms with Gasteiger partial charge in [-0.1, -0.05) is 84.0 Å². The van der Waals surface area contributed by atoms with E-state index in [4.69, 9.17) is 0 Å². The molecule has 0 spiro atoms. The average Bonchev–Trinajstić information content (AvgIpc) is 2.51. The molecule has 0 aromatic rings. The molecule has 0 bridgehead atoms. The Hall–Kier alpha value is -0.0800. The van der Waals surface area contributed by atoms with Gasteiger partial charge in [-0.3, -0.25) is 0 Å². The minimum atomic E-state index is -0.269. The third-order valence-electron chi connectivity index (χ3n) is 5.45. The van der Waals surface area contributed by atoms with E-state index in [1.807, 2.05) is 0 Å². The Morgan fingerprint density at radius 1 is 0.857 bits per heavy atom. The third kappa shape index (κ3) is 7.15. The van der Waals surface area contributed by atoms with Crippen molar-refractivity contribution in [1.82, 2.24) is 0 Å². The van der Waals surface area contributed by atoms with E-state index < -0.39 is 0 Å². The zero-order chi connectivity index (χ0) is 15.4. The molecular formula is C19H38O2. The van der Waals surface area contributed by atoms with Gasteiger partial charge in [0.15, 0.2) is 0 Å². The van der Waals surface area contributed by atoms with Crippen LogP contribution in [-0.2, 0) is 0 Å². The monoisotopic (exact) mass is 298 g/mol. The van der Waals surface area contributed by atoms with Crippen molar-refractivity contribution in [3.05, 3.63) is 0 Å². The van der Waals surface area contributed by atoms with Gasteiger partial charge in [0.2, 0.25) is 0 Å². The first kappa shape index (κ1) is 19.0. The zero-order valence-electron chi connectivity index (χ0n) is 14.3. The Kier molecular flexibility index (Phi) is 10.4. The predicted octanol–water partition coefficient (Wildman–Crippen LogP) is 5.21. The van der Waals surface area contributed by atoms with Gasteiger partial charge in [-0.2, -0.15) is 0 Å². The Morgan fingerprint density at radius 2 is 1.43 bits per heavy atom. The molecule has 0 aliphatic heterocycles. The van der Waals surface area contributed by atoms with E-state index in [0.29, 0.717) is 0 Å². The summed E-state index contributed by atoms with van der Waals surface area (Å²) < 4.78 is 0. The van der Waals surface area contributed by atoms with Crippen LogP contribution in [0.3, 0.4) is 0 Å². The normalized spacial score (nSPS) is 26.1. The molecule has 2 N–H and O–H groups in total. The minimum absolute atomic E-state index is 0.168. The minimum Gasteiger partial charge on any atom is -0.396 e. The molecule has 1 aliphatic rings. The summed E-state index contributed by atoms with van der Waals surface area (Å²) in [4.78, 5) is 0. The van der Waals surface area contributed by atoms with Crippen molar-refractivity contribution in [3.63, 3.8) is 0 Å². The van der Waals surface area contributed by atoms with Crippen molar-refractivity contribution in [2.45, 2.75) is 109 Å². The predicted molar refractivity (Wildman–Crippen MR) is 90.5 cm³/mol. The molecule has 1 rings (SSSR count). The van der Waals surface area contributed by atoms with Gasteiger partial charge >= 0.3 is 0 Å². The standard InChI is InChI=1S/C19H38O2/c1-2-3-4-5-6-7-8-9-10-12-15-19(17-20)16-13-11-14-18(19)21/h18,20-21H,2-17H2,1H3. The average molecular weight is 299 g/mol. The van der Waals surface area contributed by atoms with Crippen LogP contribution in [0.5, 0.6) is 0 Å². The number of unbranched alkanes of at least 4 members (excludes halogenated alkanes) is 9. The Balaban J connectivity index is 2.00. The Labute approximate surface area is 132 Å². The Bertz CT molecular complexity index is 242. The van der Waals surface area contributed by atoms with Crippen LogP contribution in [-0.4, -0.2) is 22.9 Å². The molecule has 0 saturated heterocycles. The van der Waals surface area contributed by atoms with E-state index >= 15 is 0 Å². The maximum atomic E-state index is 10.2. The summed E-state index contributed by atoms with van der Waals surface area (Å²) >= 11 is 0. The van der Waals surface area contributed by atoms with Crippen molar-refractivity contribution in [1.29, 1.82) is 0 Å². The number of rotatable bonds is 12. The fourth-order valence-corrected chi connectivity index (χ4v) is 3.81. The largest absolute Gasteiger partial charge is 0.396 e. The number of hydrogen-bond donors (Lipinski definition) is 2. The molecule has 0 aromatic carbocycles. The molecule has 21 heavy (non-hydrogen) atoms. The lowest BCUT2D eigenvalue weighted by Crippen LogP contribution is -2.41. The molecule has 1 aliphatic carbocycles. The van der Waals surface area contributed by atoms with Crippen LogP contribution in [0.15, 0.2) is 0 Å². The maximum absolute atomic E-state index is 10.2. The van der Waals surface area contributed by atoms with Gasteiger partial charge in [0.25, 0.3) is 0 Å². The molecule has 2 unspecified atom stereocenters. The highest BCUT2D eigenvalue weighted by Gasteiger charge is 2.38. The van der Waals surface area contributed by atoms with Crippen LogP contribution in [0, 0.1) is 5.41 Å².